The van der Waals surface area contributed by atoms with Gasteiger partial charge in [-0.05, 0) is 38.8 Å². The van der Waals surface area contributed by atoms with Gasteiger partial charge in [-0.3, -0.25) is 9.59 Å². The van der Waals surface area contributed by atoms with E-state index in [9.17, 15) is 9.59 Å². The maximum absolute atomic E-state index is 12.6. The molecule has 0 saturated heterocycles. The van der Waals surface area contributed by atoms with Crippen LogP contribution < -0.4 is 15.4 Å². The first-order chi connectivity index (χ1) is 11.4. The summed E-state index contributed by atoms with van der Waals surface area (Å²) >= 11 is 0. The van der Waals surface area contributed by atoms with E-state index in [2.05, 4.69) is 10.6 Å². The molecule has 1 aliphatic rings. The zero-order valence-electron chi connectivity index (χ0n) is 14.9. The molecule has 24 heavy (non-hydrogen) atoms. The summed E-state index contributed by atoms with van der Waals surface area (Å²) in [5.74, 6) is 0.0192. The fraction of sp³-hybridized carbons (Fsp3) is 0.579. The minimum atomic E-state index is -1.15. The molecule has 132 valence electrons. The van der Waals surface area contributed by atoms with Crippen molar-refractivity contribution in [3.8, 4) is 5.75 Å². The van der Waals surface area contributed by atoms with Gasteiger partial charge in [-0.15, -0.1) is 0 Å². The number of para-hydroxylation sites is 2. The molecule has 0 heterocycles. The highest BCUT2D eigenvalue weighted by atomic mass is 16.5. The van der Waals surface area contributed by atoms with Crippen molar-refractivity contribution >= 4 is 17.5 Å². The largest absolute Gasteiger partial charge is 0.495 e. The maximum Gasteiger partial charge on any atom is 0.239 e. The Morgan fingerprint density at radius 1 is 1.04 bits per heavy atom. The molecule has 5 nitrogen and oxygen atoms in total. The molecule has 2 amide bonds. The Morgan fingerprint density at radius 2 is 1.67 bits per heavy atom. The fourth-order valence-corrected chi connectivity index (χ4v) is 2.92. The topological polar surface area (TPSA) is 67.4 Å². The summed E-state index contributed by atoms with van der Waals surface area (Å²) in [6.07, 6.45) is 6.72. The average Bonchev–Trinajstić information content (AvgIpc) is 2.83. The number of anilines is 1. The van der Waals surface area contributed by atoms with E-state index in [0.717, 1.165) is 25.7 Å². The van der Waals surface area contributed by atoms with E-state index in [1.54, 1.807) is 33.1 Å². The van der Waals surface area contributed by atoms with Gasteiger partial charge in [-0.2, -0.15) is 0 Å². The smallest absolute Gasteiger partial charge is 0.239 e. The van der Waals surface area contributed by atoms with Crippen molar-refractivity contribution in [2.45, 2.75) is 58.4 Å². The maximum atomic E-state index is 12.6. The molecule has 0 radical (unpaired) electrons. The van der Waals surface area contributed by atoms with Crippen LogP contribution in [0.3, 0.4) is 0 Å². The highest BCUT2D eigenvalue weighted by molar-refractivity contribution is 6.10. The SMILES string of the molecule is COc1ccccc1NC(=O)C(C)(C)C(=O)NC1CCCCCC1. The summed E-state index contributed by atoms with van der Waals surface area (Å²) in [6, 6.07) is 7.36. The molecule has 0 bridgehead atoms. The van der Waals surface area contributed by atoms with Crippen LogP contribution in [0.4, 0.5) is 5.69 Å². The van der Waals surface area contributed by atoms with Crippen LogP contribution in [0.25, 0.3) is 0 Å². The van der Waals surface area contributed by atoms with Gasteiger partial charge < -0.3 is 15.4 Å². The number of benzene rings is 1. The third-order valence-electron chi connectivity index (χ3n) is 4.68. The van der Waals surface area contributed by atoms with Gasteiger partial charge in [0.2, 0.25) is 11.8 Å². The van der Waals surface area contributed by atoms with Crippen molar-refractivity contribution in [3.63, 3.8) is 0 Å². The molecule has 0 unspecified atom stereocenters. The highest BCUT2D eigenvalue weighted by Gasteiger charge is 2.37. The van der Waals surface area contributed by atoms with Crippen LogP contribution in [-0.4, -0.2) is 25.0 Å². The Hall–Kier alpha value is -2.04. The summed E-state index contributed by atoms with van der Waals surface area (Å²) in [7, 11) is 1.55. The van der Waals surface area contributed by atoms with E-state index in [0.29, 0.717) is 11.4 Å². The molecule has 1 saturated carbocycles. The summed E-state index contributed by atoms with van der Waals surface area (Å²) in [6.45, 7) is 3.31. The molecule has 1 aromatic carbocycles. The second-order valence-corrected chi connectivity index (χ2v) is 6.94. The molecule has 2 N–H and O–H groups in total. The first kappa shape index (κ1) is 18.3. The number of amides is 2. The summed E-state index contributed by atoms with van der Waals surface area (Å²) < 4.78 is 5.24. The molecule has 5 heteroatoms. The Kier molecular flexibility index (Phi) is 6.23. The first-order valence-corrected chi connectivity index (χ1v) is 8.70. The number of methoxy groups -OCH3 is 1. The Morgan fingerprint density at radius 3 is 2.29 bits per heavy atom. The lowest BCUT2D eigenvalue weighted by Crippen LogP contribution is -2.48. The average molecular weight is 332 g/mol. The minimum absolute atomic E-state index is 0.179. The summed E-state index contributed by atoms with van der Waals surface area (Å²) in [5.41, 5.74) is -0.576. The van der Waals surface area contributed by atoms with Crippen LogP contribution in [0.15, 0.2) is 24.3 Å². The monoisotopic (exact) mass is 332 g/mol. The zero-order chi connectivity index (χ0) is 17.6. The lowest BCUT2D eigenvalue weighted by Gasteiger charge is -2.26. The standard InChI is InChI=1S/C19H28N2O3/c1-19(2,17(22)20-14-10-6-4-5-7-11-14)18(23)21-15-12-8-9-13-16(15)24-3/h8-9,12-14H,4-7,10-11H2,1-3H3,(H,20,22)(H,21,23). The number of carbonyl (C=O) groups is 2. The third-order valence-corrected chi connectivity index (χ3v) is 4.68. The van der Waals surface area contributed by atoms with E-state index in [4.69, 9.17) is 4.74 Å². The molecule has 1 aliphatic carbocycles. The lowest BCUT2D eigenvalue weighted by atomic mass is 9.90. The van der Waals surface area contributed by atoms with Gasteiger partial charge in [0.05, 0.1) is 12.8 Å². The van der Waals surface area contributed by atoms with Crippen LogP contribution in [0.1, 0.15) is 52.4 Å². The first-order valence-electron chi connectivity index (χ1n) is 8.70. The third kappa shape index (κ3) is 4.49. The van der Waals surface area contributed by atoms with E-state index >= 15 is 0 Å². The van der Waals surface area contributed by atoms with E-state index in [-0.39, 0.29) is 17.9 Å². The molecular weight excluding hydrogens is 304 g/mol. The van der Waals surface area contributed by atoms with Gasteiger partial charge in [0.15, 0.2) is 0 Å². The lowest BCUT2D eigenvalue weighted by molar-refractivity contribution is -0.138. The van der Waals surface area contributed by atoms with Gasteiger partial charge in [0, 0.05) is 6.04 Å². The van der Waals surface area contributed by atoms with E-state index in [1.807, 2.05) is 12.1 Å². The van der Waals surface area contributed by atoms with Crippen molar-refractivity contribution in [1.82, 2.24) is 5.32 Å². The predicted molar refractivity (Wildman–Crippen MR) is 95.0 cm³/mol. The van der Waals surface area contributed by atoms with Crippen LogP contribution >= 0.6 is 0 Å². The van der Waals surface area contributed by atoms with Crippen molar-refractivity contribution in [1.29, 1.82) is 0 Å². The zero-order valence-corrected chi connectivity index (χ0v) is 14.9. The quantitative estimate of drug-likeness (QED) is 0.640. The normalized spacial score (nSPS) is 16.1. The van der Waals surface area contributed by atoms with Gasteiger partial charge in [-0.25, -0.2) is 0 Å². The Bertz CT molecular complexity index is 576. The van der Waals surface area contributed by atoms with Crippen molar-refractivity contribution in [2.24, 2.45) is 5.41 Å². The minimum Gasteiger partial charge on any atom is -0.495 e. The molecule has 0 aromatic heterocycles. The van der Waals surface area contributed by atoms with Gasteiger partial charge in [0.25, 0.3) is 0 Å². The molecule has 0 atom stereocenters. The second-order valence-electron chi connectivity index (χ2n) is 6.94. The number of ether oxygens (including phenoxy) is 1. The molecule has 0 spiro atoms. The van der Waals surface area contributed by atoms with Crippen LogP contribution in [0.2, 0.25) is 0 Å². The summed E-state index contributed by atoms with van der Waals surface area (Å²) in [4.78, 5) is 25.3. The van der Waals surface area contributed by atoms with Crippen molar-refractivity contribution in [2.75, 3.05) is 12.4 Å². The van der Waals surface area contributed by atoms with Gasteiger partial charge in [-0.1, -0.05) is 37.8 Å². The van der Waals surface area contributed by atoms with E-state index < -0.39 is 5.41 Å². The number of nitrogens with one attached hydrogen (secondary N) is 2. The summed E-state index contributed by atoms with van der Waals surface area (Å²) in [5, 5.41) is 5.87. The van der Waals surface area contributed by atoms with E-state index in [1.165, 1.54) is 12.8 Å². The number of carbonyl (C=O) groups excluding carboxylic acids is 2. The molecule has 0 aliphatic heterocycles. The molecule has 1 fully saturated rings. The number of hydrogen-bond donors (Lipinski definition) is 2. The van der Waals surface area contributed by atoms with Crippen LogP contribution in [0, 0.1) is 5.41 Å². The molecular formula is C19H28N2O3. The molecule has 1 aromatic rings. The van der Waals surface area contributed by atoms with Crippen LogP contribution in [0.5, 0.6) is 5.75 Å². The Balaban J connectivity index is 2.01. The van der Waals surface area contributed by atoms with Crippen molar-refractivity contribution in [3.05, 3.63) is 24.3 Å². The van der Waals surface area contributed by atoms with Crippen molar-refractivity contribution < 1.29 is 14.3 Å². The Labute approximate surface area is 144 Å². The highest BCUT2D eigenvalue weighted by Crippen LogP contribution is 2.27. The van der Waals surface area contributed by atoms with Gasteiger partial charge in [0.1, 0.15) is 11.2 Å². The second kappa shape index (κ2) is 8.18. The fourth-order valence-electron chi connectivity index (χ4n) is 2.92. The number of rotatable bonds is 5. The predicted octanol–water partition coefficient (Wildman–Crippen LogP) is 3.50. The number of hydrogen-bond acceptors (Lipinski definition) is 3. The molecule has 2 rings (SSSR count). The van der Waals surface area contributed by atoms with Crippen LogP contribution in [-0.2, 0) is 9.59 Å². The van der Waals surface area contributed by atoms with Gasteiger partial charge >= 0.3 is 0 Å².